The van der Waals surface area contributed by atoms with Crippen molar-refractivity contribution in [3.8, 4) is 6.07 Å². The van der Waals surface area contributed by atoms with E-state index in [0.717, 1.165) is 24.0 Å². The number of benzene rings is 1. The van der Waals surface area contributed by atoms with Gasteiger partial charge in [-0.05, 0) is 41.5 Å². The van der Waals surface area contributed by atoms with Crippen LogP contribution in [0.4, 0.5) is 0 Å². The summed E-state index contributed by atoms with van der Waals surface area (Å²) in [6, 6.07) is 14.4. The van der Waals surface area contributed by atoms with Gasteiger partial charge in [0.2, 0.25) is 0 Å². The molecular formula is C15H12N2S. The molecule has 3 rings (SSSR count). The zero-order chi connectivity index (χ0) is 12.4. The van der Waals surface area contributed by atoms with Crippen LogP contribution in [0.3, 0.4) is 0 Å². The van der Waals surface area contributed by atoms with Crippen LogP contribution in [-0.4, -0.2) is 4.57 Å². The zero-order valence-electron chi connectivity index (χ0n) is 9.84. The van der Waals surface area contributed by atoms with Crippen molar-refractivity contribution in [2.24, 2.45) is 0 Å². The van der Waals surface area contributed by atoms with Gasteiger partial charge in [-0.3, -0.25) is 0 Å². The number of aromatic nitrogens is 1. The van der Waals surface area contributed by atoms with E-state index >= 15 is 0 Å². The summed E-state index contributed by atoms with van der Waals surface area (Å²) in [5.74, 6) is 0. The summed E-state index contributed by atoms with van der Waals surface area (Å²) in [4.78, 5) is 1.40. The van der Waals surface area contributed by atoms with Crippen molar-refractivity contribution in [2.75, 3.05) is 0 Å². The minimum absolute atomic E-state index is 0.721. The SMILES string of the molecule is N#Cc1ccc2ccn(CCc3cccs3)c2c1. The zero-order valence-corrected chi connectivity index (χ0v) is 10.7. The maximum absolute atomic E-state index is 8.95. The van der Waals surface area contributed by atoms with Crippen LogP contribution in [0.15, 0.2) is 48.0 Å². The Morgan fingerprint density at radius 1 is 1.22 bits per heavy atom. The standard InChI is InChI=1S/C15H12N2S/c16-11-12-3-4-13-5-7-17(15(13)10-12)8-6-14-2-1-9-18-14/h1-5,7,9-10H,6,8H2. The Balaban J connectivity index is 1.90. The van der Waals surface area contributed by atoms with Gasteiger partial charge in [0.25, 0.3) is 0 Å². The lowest BCUT2D eigenvalue weighted by atomic mass is 10.2. The highest BCUT2D eigenvalue weighted by Crippen LogP contribution is 2.19. The third kappa shape index (κ3) is 2.03. The van der Waals surface area contributed by atoms with Crippen LogP contribution in [0.1, 0.15) is 10.4 Å². The molecule has 0 unspecified atom stereocenters. The molecular weight excluding hydrogens is 240 g/mol. The van der Waals surface area contributed by atoms with Crippen molar-refractivity contribution in [3.05, 3.63) is 58.4 Å². The molecule has 0 radical (unpaired) electrons. The van der Waals surface area contributed by atoms with E-state index in [0.29, 0.717) is 0 Å². The Labute approximate surface area is 110 Å². The molecule has 0 saturated carbocycles. The fraction of sp³-hybridized carbons (Fsp3) is 0.133. The third-order valence-electron chi connectivity index (χ3n) is 3.08. The summed E-state index contributed by atoms with van der Waals surface area (Å²) in [7, 11) is 0. The largest absolute Gasteiger partial charge is 0.347 e. The summed E-state index contributed by atoms with van der Waals surface area (Å²) in [5, 5.41) is 12.3. The molecule has 3 aromatic rings. The number of nitriles is 1. The second kappa shape index (κ2) is 4.67. The maximum atomic E-state index is 8.95. The van der Waals surface area contributed by atoms with Crippen LogP contribution in [0.2, 0.25) is 0 Å². The average Bonchev–Trinajstić information content (AvgIpc) is 3.05. The van der Waals surface area contributed by atoms with Crippen molar-refractivity contribution in [3.63, 3.8) is 0 Å². The molecule has 3 heteroatoms. The molecule has 88 valence electrons. The van der Waals surface area contributed by atoms with Gasteiger partial charge in [-0.1, -0.05) is 12.1 Å². The highest BCUT2D eigenvalue weighted by atomic mass is 32.1. The van der Waals surface area contributed by atoms with E-state index in [1.807, 2.05) is 18.2 Å². The Morgan fingerprint density at radius 2 is 2.17 bits per heavy atom. The monoisotopic (exact) mass is 252 g/mol. The predicted octanol–water partition coefficient (Wildman–Crippen LogP) is 3.82. The molecule has 0 saturated heterocycles. The minimum Gasteiger partial charge on any atom is -0.347 e. The van der Waals surface area contributed by atoms with Crippen LogP contribution in [-0.2, 0) is 13.0 Å². The van der Waals surface area contributed by atoms with Gasteiger partial charge < -0.3 is 4.57 Å². The molecule has 0 aliphatic carbocycles. The van der Waals surface area contributed by atoms with Gasteiger partial charge in [-0.25, -0.2) is 0 Å². The first-order valence-corrected chi connectivity index (χ1v) is 6.76. The smallest absolute Gasteiger partial charge is 0.0992 e. The van der Waals surface area contributed by atoms with Gasteiger partial charge in [-0.15, -0.1) is 11.3 Å². The lowest BCUT2D eigenvalue weighted by molar-refractivity contribution is 0.729. The van der Waals surface area contributed by atoms with Crippen molar-refractivity contribution < 1.29 is 0 Å². The van der Waals surface area contributed by atoms with Crippen LogP contribution in [0, 0.1) is 11.3 Å². The lowest BCUT2D eigenvalue weighted by Gasteiger charge is -2.04. The van der Waals surface area contributed by atoms with E-state index < -0.39 is 0 Å². The number of aryl methyl sites for hydroxylation is 2. The average molecular weight is 252 g/mol. The van der Waals surface area contributed by atoms with Gasteiger partial charge in [0.05, 0.1) is 11.6 Å². The molecule has 0 atom stereocenters. The molecule has 0 N–H and O–H groups in total. The van der Waals surface area contributed by atoms with Crippen molar-refractivity contribution >= 4 is 22.2 Å². The topological polar surface area (TPSA) is 28.7 Å². The molecule has 0 amide bonds. The molecule has 0 spiro atoms. The van der Waals surface area contributed by atoms with E-state index in [-0.39, 0.29) is 0 Å². The Hall–Kier alpha value is -2.05. The molecule has 1 aromatic carbocycles. The quantitative estimate of drug-likeness (QED) is 0.696. The molecule has 18 heavy (non-hydrogen) atoms. The van der Waals surface area contributed by atoms with E-state index in [9.17, 15) is 0 Å². The number of rotatable bonds is 3. The van der Waals surface area contributed by atoms with Crippen LogP contribution >= 0.6 is 11.3 Å². The van der Waals surface area contributed by atoms with Crippen molar-refractivity contribution in [1.29, 1.82) is 5.26 Å². The summed E-state index contributed by atoms with van der Waals surface area (Å²) in [5.41, 5.74) is 1.86. The van der Waals surface area contributed by atoms with Gasteiger partial charge in [0, 0.05) is 23.1 Å². The van der Waals surface area contributed by atoms with Crippen molar-refractivity contribution in [1.82, 2.24) is 4.57 Å². The van der Waals surface area contributed by atoms with Crippen LogP contribution in [0.25, 0.3) is 10.9 Å². The van der Waals surface area contributed by atoms with Gasteiger partial charge in [-0.2, -0.15) is 5.26 Å². The van der Waals surface area contributed by atoms with E-state index in [1.165, 1.54) is 10.3 Å². The number of hydrogen-bond acceptors (Lipinski definition) is 2. The Kier molecular flexibility index (Phi) is 2.87. The van der Waals surface area contributed by atoms with Crippen LogP contribution in [0.5, 0.6) is 0 Å². The first-order chi connectivity index (χ1) is 8.86. The fourth-order valence-corrected chi connectivity index (χ4v) is 2.83. The Morgan fingerprint density at radius 3 is 2.94 bits per heavy atom. The predicted molar refractivity (Wildman–Crippen MR) is 74.7 cm³/mol. The highest BCUT2D eigenvalue weighted by Gasteiger charge is 2.03. The number of fused-ring (bicyclic) bond motifs is 1. The summed E-state index contributed by atoms with van der Waals surface area (Å²) < 4.78 is 2.22. The van der Waals surface area contributed by atoms with Crippen molar-refractivity contribution in [2.45, 2.75) is 13.0 Å². The van der Waals surface area contributed by atoms with Crippen LogP contribution < -0.4 is 0 Å². The number of thiophene rings is 1. The molecule has 2 heterocycles. The first kappa shape index (κ1) is 11.1. The fourth-order valence-electron chi connectivity index (χ4n) is 2.13. The second-order valence-corrected chi connectivity index (χ2v) is 5.26. The minimum atomic E-state index is 0.721. The lowest BCUT2D eigenvalue weighted by Crippen LogP contribution is -1.98. The number of nitrogens with zero attached hydrogens (tertiary/aromatic N) is 2. The Bertz CT molecular complexity index is 702. The maximum Gasteiger partial charge on any atom is 0.0992 e. The van der Waals surface area contributed by atoms with Gasteiger partial charge in [0.1, 0.15) is 0 Å². The second-order valence-electron chi connectivity index (χ2n) is 4.22. The summed E-state index contributed by atoms with van der Waals surface area (Å²) in [6.07, 6.45) is 3.14. The first-order valence-electron chi connectivity index (χ1n) is 5.88. The molecule has 0 bridgehead atoms. The summed E-state index contributed by atoms with van der Waals surface area (Å²) >= 11 is 1.79. The number of hydrogen-bond donors (Lipinski definition) is 0. The molecule has 2 nitrogen and oxygen atoms in total. The normalized spacial score (nSPS) is 10.6. The summed E-state index contributed by atoms with van der Waals surface area (Å²) in [6.45, 7) is 0.957. The molecule has 2 aromatic heterocycles. The van der Waals surface area contributed by atoms with E-state index in [4.69, 9.17) is 5.26 Å². The highest BCUT2D eigenvalue weighted by molar-refractivity contribution is 7.09. The third-order valence-corrected chi connectivity index (χ3v) is 4.02. The van der Waals surface area contributed by atoms with E-state index in [1.54, 1.807) is 11.3 Å². The molecule has 0 fully saturated rings. The van der Waals surface area contributed by atoms with E-state index in [2.05, 4.69) is 40.4 Å². The molecule has 0 aliphatic rings. The molecule has 0 aliphatic heterocycles. The van der Waals surface area contributed by atoms with Gasteiger partial charge >= 0.3 is 0 Å². The van der Waals surface area contributed by atoms with Gasteiger partial charge in [0.15, 0.2) is 0 Å².